The summed E-state index contributed by atoms with van der Waals surface area (Å²) < 4.78 is 0. The monoisotopic (exact) mass is 273 g/mol. The molecule has 4 heteroatoms. The van der Waals surface area contributed by atoms with Crippen molar-refractivity contribution in [3.63, 3.8) is 0 Å². The molecule has 2 aliphatic heterocycles. The fraction of sp³-hybridized carbons (Fsp3) is 0.562. The van der Waals surface area contributed by atoms with Gasteiger partial charge in [-0.05, 0) is 31.4 Å². The lowest BCUT2D eigenvalue weighted by Gasteiger charge is -2.33. The van der Waals surface area contributed by atoms with E-state index in [4.69, 9.17) is 0 Å². The Morgan fingerprint density at radius 1 is 1.25 bits per heavy atom. The maximum absolute atomic E-state index is 12.6. The van der Waals surface area contributed by atoms with E-state index in [1.807, 2.05) is 4.90 Å². The number of anilines is 1. The zero-order chi connectivity index (χ0) is 13.9. The van der Waals surface area contributed by atoms with E-state index in [9.17, 15) is 4.79 Å². The van der Waals surface area contributed by atoms with Crippen molar-refractivity contribution < 1.29 is 4.79 Å². The van der Waals surface area contributed by atoms with Crippen molar-refractivity contribution in [1.82, 2.24) is 10.2 Å². The Morgan fingerprint density at radius 3 is 2.85 bits per heavy atom. The third kappa shape index (κ3) is 2.86. The van der Waals surface area contributed by atoms with Crippen LogP contribution in [0.1, 0.15) is 17.5 Å². The van der Waals surface area contributed by atoms with Gasteiger partial charge in [-0.1, -0.05) is 17.7 Å². The van der Waals surface area contributed by atoms with Gasteiger partial charge in [0.25, 0.3) is 0 Å². The molecule has 2 aliphatic rings. The molecule has 1 N–H and O–H groups in total. The summed E-state index contributed by atoms with van der Waals surface area (Å²) in [5.41, 5.74) is 3.73. The van der Waals surface area contributed by atoms with Crippen LogP contribution in [0.4, 0.5) is 5.69 Å². The molecule has 108 valence electrons. The van der Waals surface area contributed by atoms with Crippen molar-refractivity contribution in [2.24, 2.45) is 0 Å². The molecule has 0 aliphatic carbocycles. The largest absolute Gasteiger partial charge is 0.314 e. The molecule has 0 bridgehead atoms. The van der Waals surface area contributed by atoms with Gasteiger partial charge in [0.05, 0.1) is 6.54 Å². The molecular weight excluding hydrogens is 250 g/mol. The van der Waals surface area contributed by atoms with Crippen molar-refractivity contribution in [1.29, 1.82) is 0 Å². The SMILES string of the molecule is Cc1ccc2c(c1)CCCN2C(=O)CN1CCNCC1. The summed E-state index contributed by atoms with van der Waals surface area (Å²) in [6, 6.07) is 6.44. The highest BCUT2D eigenvalue weighted by Crippen LogP contribution is 2.28. The molecule has 3 rings (SSSR count). The van der Waals surface area contributed by atoms with Gasteiger partial charge in [-0.15, -0.1) is 0 Å². The fourth-order valence-electron chi connectivity index (χ4n) is 3.13. The minimum Gasteiger partial charge on any atom is -0.314 e. The lowest BCUT2D eigenvalue weighted by Crippen LogP contribution is -2.49. The summed E-state index contributed by atoms with van der Waals surface area (Å²) in [5, 5.41) is 3.32. The van der Waals surface area contributed by atoms with Gasteiger partial charge in [-0.25, -0.2) is 0 Å². The Labute approximate surface area is 120 Å². The van der Waals surface area contributed by atoms with Crippen LogP contribution in [0.25, 0.3) is 0 Å². The quantitative estimate of drug-likeness (QED) is 0.879. The first-order valence-electron chi connectivity index (χ1n) is 7.57. The van der Waals surface area contributed by atoms with E-state index in [2.05, 4.69) is 35.3 Å². The lowest BCUT2D eigenvalue weighted by molar-refractivity contribution is -0.120. The van der Waals surface area contributed by atoms with E-state index in [-0.39, 0.29) is 5.91 Å². The van der Waals surface area contributed by atoms with Crippen LogP contribution in [0.3, 0.4) is 0 Å². The zero-order valence-corrected chi connectivity index (χ0v) is 12.2. The Bertz CT molecular complexity index is 494. The van der Waals surface area contributed by atoms with Gasteiger partial charge in [-0.3, -0.25) is 9.69 Å². The molecule has 1 amide bonds. The molecule has 1 aromatic rings. The molecule has 0 aromatic heterocycles. The first-order chi connectivity index (χ1) is 9.74. The van der Waals surface area contributed by atoms with E-state index in [0.29, 0.717) is 6.54 Å². The van der Waals surface area contributed by atoms with Crippen molar-refractivity contribution in [3.8, 4) is 0 Å². The number of hydrogen-bond donors (Lipinski definition) is 1. The highest BCUT2D eigenvalue weighted by Gasteiger charge is 2.24. The minimum atomic E-state index is 0.247. The molecule has 0 saturated carbocycles. The topological polar surface area (TPSA) is 35.6 Å². The summed E-state index contributed by atoms with van der Waals surface area (Å²) in [4.78, 5) is 16.8. The van der Waals surface area contributed by atoms with Crippen LogP contribution in [0.15, 0.2) is 18.2 Å². The summed E-state index contributed by atoms with van der Waals surface area (Å²) in [7, 11) is 0. The van der Waals surface area contributed by atoms with Crippen LogP contribution in [0, 0.1) is 6.92 Å². The van der Waals surface area contributed by atoms with Gasteiger partial charge >= 0.3 is 0 Å². The smallest absolute Gasteiger partial charge is 0.241 e. The fourth-order valence-corrected chi connectivity index (χ4v) is 3.13. The number of fused-ring (bicyclic) bond motifs is 1. The van der Waals surface area contributed by atoms with Gasteiger partial charge in [-0.2, -0.15) is 0 Å². The van der Waals surface area contributed by atoms with E-state index in [1.54, 1.807) is 0 Å². The molecular formula is C16H23N3O. The van der Waals surface area contributed by atoms with Gasteiger partial charge in [0.15, 0.2) is 0 Å². The normalized spacial score (nSPS) is 19.8. The number of rotatable bonds is 2. The number of aryl methyl sites for hydroxylation is 2. The average Bonchev–Trinajstić information content (AvgIpc) is 2.47. The van der Waals surface area contributed by atoms with Crippen LogP contribution < -0.4 is 10.2 Å². The van der Waals surface area contributed by atoms with Crippen LogP contribution in [-0.2, 0) is 11.2 Å². The molecule has 1 fully saturated rings. The lowest BCUT2D eigenvalue weighted by atomic mass is 9.99. The minimum absolute atomic E-state index is 0.247. The Kier molecular flexibility index (Phi) is 4.03. The second kappa shape index (κ2) is 5.94. The van der Waals surface area contributed by atoms with Crippen molar-refractivity contribution in [2.45, 2.75) is 19.8 Å². The predicted molar refractivity (Wildman–Crippen MR) is 81.2 cm³/mol. The van der Waals surface area contributed by atoms with Gasteiger partial charge in [0, 0.05) is 38.4 Å². The molecule has 4 nitrogen and oxygen atoms in total. The number of carbonyl (C=O) groups excluding carboxylic acids is 1. The van der Waals surface area contributed by atoms with Crippen LogP contribution in [0.5, 0.6) is 0 Å². The molecule has 0 atom stereocenters. The Morgan fingerprint density at radius 2 is 2.05 bits per heavy atom. The third-order valence-corrected chi connectivity index (χ3v) is 4.22. The number of amides is 1. The second-order valence-corrected chi connectivity index (χ2v) is 5.81. The highest BCUT2D eigenvalue weighted by molar-refractivity contribution is 5.96. The number of benzene rings is 1. The number of hydrogen-bond acceptors (Lipinski definition) is 3. The number of nitrogens with zero attached hydrogens (tertiary/aromatic N) is 2. The van der Waals surface area contributed by atoms with Crippen LogP contribution in [-0.4, -0.2) is 50.1 Å². The Balaban J connectivity index is 1.72. The predicted octanol–water partition coefficient (Wildman–Crippen LogP) is 1.18. The molecule has 20 heavy (non-hydrogen) atoms. The van der Waals surface area contributed by atoms with Crippen LogP contribution in [0.2, 0.25) is 0 Å². The van der Waals surface area contributed by atoms with E-state index >= 15 is 0 Å². The number of piperazine rings is 1. The molecule has 0 unspecified atom stereocenters. The summed E-state index contributed by atoms with van der Waals surface area (Å²) >= 11 is 0. The van der Waals surface area contributed by atoms with Crippen molar-refractivity contribution in [3.05, 3.63) is 29.3 Å². The summed E-state index contributed by atoms with van der Waals surface area (Å²) in [5.74, 6) is 0.247. The third-order valence-electron chi connectivity index (χ3n) is 4.22. The van der Waals surface area contributed by atoms with E-state index < -0.39 is 0 Å². The highest BCUT2D eigenvalue weighted by atomic mass is 16.2. The molecule has 1 aromatic carbocycles. The van der Waals surface area contributed by atoms with Gasteiger partial charge in [0.2, 0.25) is 5.91 Å². The van der Waals surface area contributed by atoms with E-state index in [0.717, 1.165) is 51.3 Å². The summed E-state index contributed by atoms with van der Waals surface area (Å²) in [6.45, 7) is 7.45. The summed E-state index contributed by atoms with van der Waals surface area (Å²) in [6.07, 6.45) is 2.16. The number of nitrogens with one attached hydrogen (secondary N) is 1. The Hall–Kier alpha value is -1.39. The van der Waals surface area contributed by atoms with Crippen LogP contribution >= 0.6 is 0 Å². The maximum atomic E-state index is 12.6. The van der Waals surface area contributed by atoms with Gasteiger partial charge < -0.3 is 10.2 Å². The molecule has 1 saturated heterocycles. The zero-order valence-electron chi connectivity index (χ0n) is 12.2. The second-order valence-electron chi connectivity index (χ2n) is 5.81. The standard InChI is InChI=1S/C16H23N3O/c1-13-4-5-15-14(11-13)3-2-8-19(15)16(20)12-18-9-6-17-7-10-18/h4-5,11,17H,2-3,6-10,12H2,1H3. The van der Waals surface area contributed by atoms with E-state index in [1.165, 1.54) is 11.1 Å². The average molecular weight is 273 g/mol. The van der Waals surface area contributed by atoms with Crippen molar-refractivity contribution in [2.75, 3.05) is 44.2 Å². The maximum Gasteiger partial charge on any atom is 0.241 e. The molecule has 2 heterocycles. The van der Waals surface area contributed by atoms with Gasteiger partial charge in [0.1, 0.15) is 0 Å². The first-order valence-corrected chi connectivity index (χ1v) is 7.57. The number of carbonyl (C=O) groups is 1. The first kappa shape index (κ1) is 13.6. The van der Waals surface area contributed by atoms with Crippen molar-refractivity contribution >= 4 is 11.6 Å². The molecule has 0 radical (unpaired) electrons. The molecule has 0 spiro atoms.